The molecule has 2 aliphatic heterocycles. The lowest BCUT2D eigenvalue weighted by atomic mass is 9.56. The molecular formula is C34H33Cl2FN2O6. The normalized spacial score (nSPS) is 33.2. The number of likely N-dealkylation sites (tertiary alicyclic amines) is 1. The maximum absolute atomic E-state index is 14.5. The fourth-order valence-electron chi connectivity index (χ4n) is 8.47. The molecule has 0 spiro atoms. The van der Waals surface area contributed by atoms with Crippen LogP contribution in [0.5, 0.6) is 5.75 Å². The highest BCUT2D eigenvalue weighted by Gasteiger charge is 2.77. The number of aliphatic hydroxyl groups is 1. The number of alkyl halides is 2. The first-order valence-electron chi connectivity index (χ1n) is 15.5. The van der Waals surface area contributed by atoms with Crippen LogP contribution in [0.1, 0.15) is 56.4 Å². The zero-order valence-electron chi connectivity index (χ0n) is 24.5. The molecule has 6 unspecified atom stereocenters. The Morgan fingerprint density at radius 1 is 0.911 bits per heavy atom. The summed E-state index contributed by atoms with van der Waals surface area (Å²) in [6, 6.07) is 11.7. The molecule has 6 atom stereocenters. The molecule has 236 valence electrons. The van der Waals surface area contributed by atoms with Crippen molar-refractivity contribution in [3.05, 3.63) is 71.6 Å². The molecule has 45 heavy (non-hydrogen) atoms. The van der Waals surface area contributed by atoms with E-state index >= 15 is 0 Å². The van der Waals surface area contributed by atoms with E-state index in [-0.39, 0.29) is 49.6 Å². The third-order valence-electron chi connectivity index (χ3n) is 10.4. The minimum atomic E-state index is -2.05. The molecule has 1 N–H and O–H groups in total. The van der Waals surface area contributed by atoms with Crippen molar-refractivity contribution in [1.82, 2.24) is 4.90 Å². The van der Waals surface area contributed by atoms with Gasteiger partial charge in [-0.2, -0.15) is 0 Å². The summed E-state index contributed by atoms with van der Waals surface area (Å²) in [5.41, 5.74) is 1.26. The van der Waals surface area contributed by atoms with Gasteiger partial charge in [-0.1, -0.05) is 49.1 Å². The zero-order chi connectivity index (χ0) is 31.7. The van der Waals surface area contributed by atoms with E-state index in [1.54, 1.807) is 24.3 Å². The quantitative estimate of drug-likeness (QED) is 0.264. The number of anilines is 1. The standard InChI is InChI=1S/C34H33Cl2FN2O6/c35-33-18-25-22(14-15-24-27(25)30(42)38(29(24)41)20-6-2-1-3-7-20)28(23-8-4-5-9-26(23)45-17-16-40)34(33,36)32(44)39(31(33)43)21-12-10-19(37)11-13-21/h4-5,8-14,20,24-25,27-28,40H,1-3,6-7,15-18H2. The number of imide groups is 2. The van der Waals surface area contributed by atoms with E-state index in [1.807, 2.05) is 6.08 Å². The smallest absolute Gasteiger partial charge is 0.258 e. The fourth-order valence-corrected chi connectivity index (χ4v) is 9.40. The first-order chi connectivity index (χ1) is 21.6. The molecule has 7 rings (SSSR count). The second-order valence-corrected chi connectivity index (χ2v) is 13.9. The van der Waals surface area contributed by atoms with E-state index in [4.69, 9.17) is 27.9 Å². The molecule has 0 aromatic heterocycles. The van der Waals surface area contributed by atoms with Crippen molar-refractivity contribution in [1.29, 1.82) is 0 Å². The van der Waals surface area contributed by atoms with Crippen LogP contribution in [0, 0.1) is 23.6 Å². The van der Waals surface area contributed by atoms with Crippen LogP contribution in [-0.4, -0.2) is 62.6 Å². The number of aliphatic hydroxyl groups excluding tert-OH is 1. The van der Waals surface area contributed by atoms with Gasteiger partial charge in [0.2, 0.25) is 11.8 Å². The Balaban J connectivity index is 1.39. The van der Waals surface area contributed by atoms with Crippen LogP contribution in [0.3, 0.4) is 0 Å². The van der Waals surface area contributed by atoms with E-state index in [2.05, 4.69) is 0 Å². The lowest BCUT2D eigenvalue weighted by molar-refractivity contribution is -0.143. The van der Waals surface area contributed by atoms with E-state index in [0.717, 1.165) is 49.1 Å². The average molecular weight is 656 g/mol. The second-order valence-electron chi connectivity index (χ2n) is 12.7. The SMILES string of the molecule is O=C1C2CC=C3C(CC4(Cl)C(=O)N(c5ccc(F)cc5)C(=O)C4(Cl)C3c3ccccc3OCCO)C2C(=O)N1C1CCCCC1. The molecule has 5 aliphatic rings. The van der Waals surface area contributed by atoms with E-state index in [0.29, 0.717) is 16.9 Å². The number of fused-ring (bicyclic) bond motifs is 4. The third kappa shape index (κ3) is 4.33. The summed E-state index contributed by atoms with van der Waals surface area (Å²) >= 11 is 14.9. The molecule has 4 amide bonds. The average Bonchev–Trinajstić information content (AvgIpc) is 3.39. The van der Waals surface area contributed by atoms with Gasteiger partial charge in [0.1, 0.15) is 18.2 Å². The third-order valence-corrected chi connectivity index (χ3v) is 11.9. The monoisotopic (exact) mass is 654 g/mol. The Kier molecular flexibility index (Phi) is 7.57. The number of hydrogen-bond acceptors (Lipinski definition) is 6. The molecule has 4 fully saturated rings. The van der Waals surface area contributed by atoms with Crippen molar-refractivity contribution in [2.24, 2.45) is 17.8 Å². The van der Waals surface area contributed by atoms with E-state index in [9.17, 15) is 28.7 Å². The summed E-state index contributed by atoms with van der Waals surface area (Å²) in [6.45, 7) is -0.293. The largest absolute Gasteiger partial charge is 0.491 e. The zero-order valence-corrected chi connectivity index (χ0v) is 26.0. The highest BCUT2D eigenvalue weighted by molar-refractivity contribution is 6.58. The van der Waals surface area contributed by atoms with Gasteiger partial charge in [0.25, 0.3) is 11.8 Å². The lowest BCUT2D eigenvalue weighted by Gasteiger charge is -2.51. The number of ether oxygens (including phenoxy) is 1. The molecule has 2 saturated heterocycles. The van der Waals surface area contributed by atoms with Gasteiger partial charge in [-0.3, -0.25) is 24.1 Å². The van der Waals surface area contributed by atoms with Gasteiger partial charge in [-0.25, -0.2) is 9.29 Å². The topological polar surface area (TPSA) is 104 Å². The number of carbonyl (C=O) groups excluding carboxylic acids is 4. The highest BCUT2D eigenvalue weighted by Crippen LogP contribution is 2.66. The summed E-state index contributed by atoms with van der Waals surface area (Å²) in [5.74, 6) is -5.21. The van der Waals surface area contributed by atoms with Crippen molar-refractivity contribution >= 4 is 52.5 Å². The Bertz CT molecular complexity index is 1610. The van der Waals surface area contributed by atoms with E-state index < -0.39 is 51.1 Å². The molecule has 11 heteroatoms. The number of benzene rings is 2. The van der Waals surface area contributed by atoms with Gasteiger partial charge in [0.15, 0.2) is 9.75 Å². The minimum Gasteiger partial charge on any atom is -0.491 e. The van der Waals surface area contributed by atoms with Crippen molar-refractivity contribution < 1.29 is 33.4 Å². The maximum Gasteiger partial charge on any atom is 0.258 e. The van der Waals surface area contributed by atoms with Crippen molar-refractivity contribution in [2.75, 3.05) is 18.1 Å². The number of allylic oxidation sites excluding steroid dienone is 2. The number of amides is 4. The molecule has 8 nitrogen and oxygen atoms in total. The highest BCUT2D eigenvalue weighted by atomic mass is 35.5. The molecule has 0 radical (unpaired) electrons. The Morgan fingerprint density at radius 2 is 1.62 bits per heavy atom. The van der Waals surface area contributed by atoms with Crippen LogP contribution in [0.4, 0.5) is 10.1 Å². The molecule has 2 heterocycles. The van der Waals surface area contributed by atoms with Crippen molar-refractivity contribution in [3.63, 3.8) is 0 Å². The predicted octanol–water partition coefficient (Wildman–Crippen LogP) is 5.09. The van der Waals surface area contributed by atoms with Crippen LogP contribution < -0.4 is 9.64 Å². The van der Waals surface area contributed by atoms with Gasteiger partial charge in [0.05, 0.1) is 24.1 Å². The second kappa shape index (κ2) is 11.2. The van der Waals surface area contributed by atoms with Gasteiger partial charge < -0.3 is 9.84 Å². The summed E-state index contributed by atoms with van der Waals surface area (Å²) < 4.78 is 19.8. The van der Waals surface area contributed by atoms with Crippen LogP contribution in [0.15, 0.2) is 60.2 Å². The fraction of sp³-hybridized carbons (Fsp3) is 0.471. The Labute approximate surface area is 270 Å². The molecule has 3 aliphatic carbocycles. The van der Waals surface area contributed by atoms with Gasteiger partial charge >= 0.3 is 0 Å². The summed E-state index contributed by atoms with van der Waals surface area (Å²) in [4.78, 5) is 55.2. The van der Waals surface area contributed by atoms with Crippen LogP contribution in [0.25, 0.3) is 0 Å². The lowest BCUT2D eigenvalue weighted by Crippen LogP contribution is -2.60. The van der Waals surface area contributed by atoms with Gasteiger partial charge in [0, 0.05) is 17.5 Å². The molecular weight excluding hydrogens is 622 g/mol. The summed E-state index contributed by atoms with van der Waals surface area (Å²) in [7, 11) is 0. The van der Waals surface area contributed by atoms with Crippen LogP contribution in [-0.2, 0) is 19.2 Å². The molecule has 0 bridgehead atoms. The maximum atomic E-state index is 14.5. The van der Waals surface area contributed by atoms with Gasteiger partial charge in [-0.15, -0.1) is 23.2 Å². The molecule has 2 aromatic carbocycles. The van der Waals surface area contributed by atoms with Crippen LogP contribution >= 0.6 is 23.2 Å². The molecule has 2 saturated carbocycles. The number of rotatable bonds is 6. The number of halogens is 3. The van der Waals surface area contributed by atoms with E-state index in [1.165, 1.54) is 17.0 Å². The molecule has 2 aromatic rings. The number of carbonyl (C=O) groups is 4. The summed E-state index contributed by atoms with van der Waals surface area (Å²) in [6.07, 6.45) is 6.55. The number of hydrogen-bond donors (Lipinski definition) is 1. The van der Waals surface area contributed by atoms with Crippen molar-refractivity contribution in [3.8, 4) is 5.75 Å². The Morgan fingerprint density at radius 3 is 2.33 bits per heavy atom. The number of para-hydroxylation sites is 1. The first kappa shape index (κ1) is 30.4. The van der Waals surface area contributed by atoms with Crippen LogP contribution in [0.2, 0.25) is 0 Å². The minimum absolute atomic E-state index is 0.0316. The first-order valence-corrected chi connectivity index (χ1v) is 16.3. The van der Waals surface area contributed by atoms with Gasteiger partial charge in [-0.05, 0) is 61.9 Å². The summed E-state index contributed by atoms with van der Waals surface area (Å²) in [5, 5.41) is 9.51. The number of nitrogens with zero attached hydrogens (tertiary/aromatic N) is 2. The Hall–Kier alpha value is -3.27. The predicted molar refractivity (Wildman–Crippen MR) is 164 cm³/mol. The van der Waals surface area contributed by atoms with Crippen molar-refractivity contribution in [2.45, 2.75) is 66.7 Å².